The van der Waals surface area contributed by atoms with Crippen molar-refractivity contribution in [3.63, 3.8) is 0 Å². The number of carbonyl (C=O) groups is 1. The topological polar surface area (TPSA) is 103 Å². The van der Waals surface area contributed by atoms with E-state index in [1.807, 2.05) is 84.6 Å². The number of hydrogen-bond acceptors (Lipinski definition) is 6. The van der Waals surface area contributed by atoms with E-state index in [0.29, 0.717) is 31.0 Å². The van der Waals surface area contributed by atoms with Crippen LogP contribution in [-0.4, -0.2) is 60.1 Å². The number of nitrogens with zero attached hydrogens (tertiary/aromatic N) is 2. The average molecular weight is 499 g/mol. The van der Waals surface area contributed by atoms with Crippen molar-refractivity contribution in [3.05, 3.63) is 88.5 Å². The molecule has 3 aromatic rings. The molecule has 1 aliphatic rings. The molecule has 1 unspecified atom stereocenters. The van der Waals surface area contributed by atoms with E-state index in [4.69, 9.17) is 9.47 Å². The standard InChI is InChI=1S/C30H30N2O5/c1-21-16-25(19-32-12-14-36-20-28(32)30(34)35)29(37-15-13-33)17-24(21)11-10-23-8-5-9-26(27(23)18-31)22-6-3-2-4-7-22/h2-11,16-17,28,33H,12-15,19-20H2,1H3,(H,34,35)/b11-10+. The molecular formula is C30H30N2O5. The summed E-state index contributed by atoms with van der Waals surface area (Å²) in [6.07, 6.45) is 3.87. The molecule has 190 valence electrons. The molecule has 3 aromatic carbocycles. The Labute approximate surface area is 216 Å². The third-order valence-electron chi connectivity index (χ3n) is 6.43. The third-order valence-corrected chi connectivity index (χ3v) is 6.43. The molecule has 7 heteroatoms. The van der Waals surface area contributed by atoms with Gasteiger partial charge >= 0.3 is 5.97 Å². The van der Waals surface area contributed by atoms with Gasteiger partial charge in [0, 0.05) is 24.2 Å². The van der Waals surface area contributed by atoms with Gasteiger partial charge in [0.1, 0.15) is 24.5 Å². The highest BCUT2D eigenvalue weighted by Crippen LogP contribution is 2.30. The van der Waals surface area contributed by atoms with E-state index in [9.17, 15) is 20.3 Å². The first-order chi connectivity index (χ1) is 18.0. The quantitative estimate of drug-likeness (QED) is 0.423. The van der Waals surface area contributed by atoms with Gasteiger partial charge in [0.25, 0.3) is 0 Å². The lowest BCUT2D eigenvalue weighted by molar-refractivity contribution is -0.150. The molecule has 0 aliphatic carbocycles. The Hall–Kier alpha value is -3.96. The fourth-order valence-corrected chi connectivity index (χ4v) is 4.50. The minimum absolute atomic E-state index is 0.127. The molecule has 2 N–H and O–H groups in total. The summed E-state index contributed by atoms with van der Waals surface area (Å²) in [7, 11) is 0. The fraction of sp³-hybridized carbons (Fsp3) is 0.267. The van der Waals surface area contributed by atoms with E-state index >= 15 is 0 Å². The first-order valence-electron chi connectivity index (χ1n) is 12.2. The number of nitriles is 1. The first-order valence-corrected chi connectivity index (χ1v) is 12.2. The second-order valence-corrected chi connectivity index (χ2v) is 8.87. The van der Waals surface area contributed by atoms with Gasteiger partial charge < -0.3 is 19.7 Å². The van der Waals surface area contributed by atoms with Crippen LogP contribution in [0.4, 0.5) is 0 Å². The highest BCUT2D eigenvalue weighted by molar-refractivity contribution is 5.81. The van der Waals surface area contributed by atoms with Gasteiger partial charge in [-0.1, -0.05) is 66.7 Å². The highest BCUT2D eigenvalue weighted by Gasteiger charge is 2.30. The zero-order chi connectivity index (χ0) is 26.2. The van der Waals surface area contributed by atoms with Gasteiger partial charge in [-0.15, -0.1) is 0 Å². The molecule has 37 heavy (non-hydrogen) atoms. The van der Waals surface area contributed by atoms with Crippen molar-refractivity contribution >= 4 is 18.1 Å². The normalized spacial score (nSPS) is 16.0. The molecule has 0 saturated carbocycles. The number of morpholine rings is 1. The van der Waals surface area contributed by atoms with Crippen LogP contribution in [0.25, 0.3) is 23.3 Å². The van der Waals surface area contributed by atoms with Gasteiger partial charge in [-0.3, -0.25) is 9.69 Å². The van der Waals surface area contributed by atoms with Gasteiger partial charge in [-0.2, -0.15) is 5.26 Å². The predicted octanol–water partition coefficient (Wildman–Crippen LogP) is 4.36. The molecule has 1 aliphatic heterocycles. The first kappa shape index (κ1) is 26.1. The highest BCUT2D eigenvalue weighted by atomic mass is 16.5. The molecule has 0 amide bonds. The lowest BCUT2D eigenvalue weighted by atomic mass is 9.95. The Morgan fingerprint density at radius 1 is 1.16 bits per heavy atom. The maximum absolute atomic E-state index is 11.7. The second-order valence-electron chi connectivity index (χ2n) is 8.87. The number of aliphatic hydroxyl groups is 1. The third kappa shape index (κ3) is 6.25. The van der Waals surface area contributed by atoms with Crippen molar-refractivity contribution in [2.24, 2.45) is 0 Å². The van der Waals surface area contributed by atoms with E-state index in [1.165, 1.54) is 0 Å². The Morgan fingerprint density at radius 2 is 1.95 bits per heavy atom. The maximum Gasteiger partial charge on any atom is 0.323 e. The summed E-state index contributed by atoms with van der Waals surface area (Å²) in [4.78, 5) is 13.6. The van der Waals surface area contributed by atoms with Crippen molar-refractivity contribution < 1.29 is 24.5 Å². The largest absolute Gasteiger partial charge is 0.491 e. The van der Waals surface area contributed by atoms with Gasteiger partial charge in [0.05, 0.1) is 25.4 Å². The second kappa shape index (κ2) is 12.3. The molecule has 1 atom stereocenters. The molecule has 1 saturated heterocycles. The maximum atomic E-state index is 11.7. The summed E-state index contributed by atoms with van der Waals surface area (Å²) in [6, 6.07) is 21.2. The summed E-state index contributed by atoms with van der Waals surface area (Å²) in [6.45, 7) is 3.49. The molecule has 0 aromatic heterocycles. The van der Waals surface area contributed by atoms with Crippen LogP contribution in [0, 0.1) is 18.3 Å². The molecule has 0 bridgehead atoms. The van der Waals surface area contributed by atoms with Crippen LogP contribution < -0.4 is 4.74 Å². The Morgan fingerprint density at radius 3 is 2.68 bits per heavy atom. The molecule has 1 heterocycles. The zero-order valence-corrected chi connectivity index (χ0v) is 20.8. The number of ether oxygens (including phenoxy) is 2. The molecule has 7 nitrogen and oxygen atoms in total. The molecular weight excluding hydrogens is 468 g/mol. The molecule has 1 fully saturated rings. The van der Waals surface area contributed by atoms with Crippen molar-refractivity contribution in [3.8, 4) is 22.9 Å². The van der Waals surface area contributed by atoms with Gasteiger partial charge in [-0.25, -0.2) is 0 Å². The average Bonchev–Trinajstić information content (AvgIpc) is 2.92. The van der Waals surface area contributed by atoms with Crippen molar-refractivity contribution in [1.29, 1.82) is 5.26 Å². The van der Waals surface area contributed by atoms with Gasteiger partial charge in [0.2, 0.25) is 0 Å². The lowest BCUT2D eigenvalue weighted by Gasteiger charge is -2.33. The summed E-state index contributed by atoms with van der Waals surface area (Å²) >= 11 is 0. The van der Waals surface area contributed by atoms with E-state index in [-0.39, 0.29) is 19.8 Å². The van der Waals surface area contributed by atoms with Crippen LogP contribution in [-0.2, 0) is 16.1 Å². The van der Waals surface area contributed by atoms with Crippen LogP contribution in [0.2, 0.25) is 0 Å². The summed E-state index contributed by atoms with van der Waals surface area (Å²) in [5.41, 5.74) is 6.01. The smallest absolute Gasteiger partial charge is 0.323 e. The number of aryl methyl sites for hydroxylation is 1. The Balaban J connectivity index is 1.66. The van der Waals surface area contributed by atoms with Crippen LogP contribution in [0.15, 0.2) is 60.7 Å². The van der Waals surface area contributed by atoms with Crippen molar-refractivity contribution in [1.82, 2.24) is 4.90 Å². The van der Waals surface area contributed by atoms with E-state index in [0.717, 1.165) is 33.4 Å². The minimum atomic E-state index is -0.917. The van der Waals surface area contributed by atoms with Crippen molar-refractivity contribution in [2.75, 3.05) is 33.0 Å². The monoisotopic (exact) mass is 498 g/mol. The fourth-order valence-electron chi connectivity index (χ4n) is 4.50. The summed E-state index contributed by atoms with van der Waals surface area (Å²) in [5, 5.41) is 28.8. The summed E-state index contributed by atoms with van der Waals surface area (Å²) in [5.74, 6) is -0.326. The minimum Gasteiger partial charge on any atom is -0.491 e. The van der Waals surface area contributed by atoms with Gasteiger partial charge in [0.15, 0.2) is 0 Å². The summed E-state index contributed by atoms with van der Waals surface area (Å²) < 4.78 is 11.2. The molecule has 0 spiro atoms. The molecule has 4 rings (SSSR count). The van der Waals surface area contributed by atoms with E-state index in [1.54, 1.807) is 0 Å². The number of benzene rings is 3. The number of carboxylic acid groups (broad SMARTS) is 1. The number of rotatable bonds is 9. The SMILES string of the molecule is Cc1cc(CN2CCOCC2C(=O)O)c(OCCO)cc1/C=C/c1cccc(-c2ccccc2)c1C#N. The van der Waals surface area contributed by atoms with E-state index < -0.39 is 12.0 Å². The number of aliphatic carboxylic acids is 1. The number of carboxylic acids is 1. The predicted molar refractivity (Wildman–Crippen MR) is 142 cm³/mol. The van der Waals surface area contributed by atoms with Crippen LogP contribution in [0.5, 0.6) is 5.75 Å². The molecule has 0 radical (unpaired) electrons. The Kier molecular flexibility index (Phi) is 8.70. The van der Waals surface area contributed by atoms with Crippen LogP contribution in [0.3, 0.4) is 0 Å². The van der Waals surface area contributed by atoms with E-state index in [2.05, 4.69) is 6.07 Å². The van der Waals surface area contributed by atoms with Crippen molar-refractivity contribution in [2.45, 2.75) is 19.5 Å². The van der Waals surface area contributed by atoms with Gasteiger partial charge in [-0.05, 0) is 35.2 Å². The number of hydrogen-bond donors (Lipinski definition) is 2. The number of aliphatic hydroxyl groups excluding tert-OH is 1. The Bertz CT molecular complexity index is 1310. The van der Waals surface area contributed by atoms with Crippen LogP contribution in [0.1, 0.15) is 27.8 Å². The van der Waals surface area contributed by atoms with Crippen LogP contribution >= 0.6 is 0 Å². The lowest BCUT2D eigenvalue weighted by Crippen LogP contribution is -2.49. The zero-order valence-electron chi connectivity index (χ0n) is 20.8.